The zero-order valence-electron chi connectivity index (χ0n) is 7.79. The lowest BCUT2D eigenvalue weighted by Gasteiger charge is -2.05. The molecule has 1 fully saturated rings. The van der Waals surface area contributed by atoms with Gasteiger partial charge in [-0.3, -0.25) is 4.79 Å². The van der Waals surface area contributed by atoms with Gasteiger partial charge in [0.05, 0.1) is 5.92 Å². The summed E-state index contributed by atoms with van der Waals surface area (Å²) < 4.78 is 36.8. The molecule has 1 aliphatic rings. The fraction of sp³-hybridized carbons (Fsp3) is 0.364. The lowest BCUT2D eigenvalue weighted by molar-refractivity contribution is -0.148. The fourth-order valence-electron chi connectivity index (χ4n) is 1.75. The third-order valence-electron chi connectivity index (χ3n) is 2.71. The van der Waals surface area contributed by atoms with Crippen LogP contribution in [0.15, 0.2) is 24.3 Å². The molecule has 0 heterocycles. The van der Waals surface area contributed by atoms with Crippen LogP contribution in [0, 0.1) is 5.92 Å². The van der Waals surface area contributed by atoms with Crippen molar-refractivity contribution < 1.29 is 18.0 Å². The quantitative estimate of drug-likeness (QED) is 0.691. The van der Waals surface area contributed by atoms with Gasteiger partial charge in [0, 0.05) is 5.56 Å². The van der Waals surface area contributed by atoms with E-state index >= 15 is 0 Å². The summed E-state index contributed by atoms with van der Waals surface area (Å²) in [4.78, 5) is 10.3. The average molecular weight is 214 g/mol. The summed E-state index contributed by atoms with van der Waals surface area (Å²) >= 11 is 0. The Bertz CT molecular complexity index is 366. The second-order valence-electron chi connectivity index (χ2n) is 3.77. The lowest BCUT2D eigenvalue weighted by atomic mass is 10.1. The predicted octanol–water partition coefficient (Wildman–Crippen LogP) is 3.16. The molecule has 4 heteroatoms. The molecular weight excluding hydrogens is 205 g/mol. The van der Waals surface area contributed by atoms with Crippen LogP contribution >= 0.6 is 0 Å². The van der Waals surface area contributed by atoms with Crippen LogP contribution in [0.2, 0.25) is 0 Å². The molecule has 1 aromatic rings. The van der Waals surface area contributed by atoms with Crippen molar-refractivity contribution in [3.63, 3.8) is 0 Å². The van der Waals surface area contributed by atoms with Gasteiger partial charge in [-0.05, 0) is 17.9 Å². The molecule has 0 amide bonds. The first kappa shape index (κ1) is 10.2. The van der Waals surface area contributed by atoms with Crippen LogP contribution < -0.4 is 0 Å². The van der Waals surface area contributed by atoms with E-state index < -0.39 is 18.0 Å². The van der Waals surface area contributed by atoms with Gasteiger partial charge in [-0.25, -0.2) is 0 Å². The molecular formula is C11H9F3O. The smallest absolute Gasteiger partial charge is 0.298 e. The van der Waals surface area contributed by atoms with Gasteiger partial charge in [-0.2, -0.15) is 13.2 Å². The molecule has 80 valence electrons. The Morgan fingerprint density at radius 1 is 1.20 bits per heavy atom. The third kappa shape index (κ3) is 2.03. The van der Waals surface area contributed by atoms with E-state index in [0.717, 1.165) is 0 Å². The highest BCUT2D eigenvalue weighted by molar-refractivity contribution is 5.74. The number of carbonyl (C=O) groups excluding carboxylic acids is 1. The minimum absolute atomic E-state index is 0.171. The van der Waals surface area contributed by atoms with E-state index in [4.69, 9.17) is 0 Å². The van der Waals surface area contributed by atoms with Crippen LogP contribution in [0.5, 0.6) is 0 Å². The fourth-order valence-corrected chi connectivity index (χ4v) is 1.75. The molecule has 0 radical (unpaired) electrons. The minimum atomic E-state index is -4.09. The lowest BCUT2D eigenvalue weighted by Crippen LogP contribution is -2.11. The van der Waals surface area contributed by atoms with Gasteiger partial charge in [0.15, 0.2) is 0 Å². The van der Waals surface area contributed by atoms with Crippen LogP contribution in [0.25, 0.3) is 0 Å². The maximum absolute atomic E-state index is 12.3. The van der Waals surface area contributed by atoms with Crippen molar-refractivity contribution in [1.29, 1.82) is 0 Å². The summed E-state index contributed by atoms with van der Waals surface area (Å²) in [5.74, 6) is -1.61. The second-order valence-corrected chi connectivity index (χ2v) is 3.77. The largest absolute Gasteiger partial charge is 0.392 e. The standard InChI is InChI=1S/C11H9F3O/c12-11(13,14)10-5-9(10)8-3-1-7(6-15)2-4-8/h1-4,6,9-10H,5H2/t9-,10+/m0/s1. The summed E-state index contributed by atoms with van der Waals surface area (Å²) in [6.45, 7) is 0. The SMILES string of the molecule is O=Cc1ccc([C@@H]2C[C@H]2C(F)(F)F)cc1. The van der Waals surface area contributed by atoms with E-state index in [1.165, 1.54) is 0 Å². The van der Waals surface area contributed by atoms with Gasteiger partial charge in [-0.15, -0.1) is 0 Å². The van der Waals surface area contributed by atoms with E-state index in [1.807, 2.05) is 0 Å². The number of benzene rings is 1. The van der Waals surface area contributed by atoms with E-state index in [9.17, 15) is 18.0 Å². The normalized spacial score (nSPS) is 25.0. The molecule has 0 unspecified atom stereocenters. The molecule has 2 rings (SSSR count). The number of halogens is 3. The first-order valence-corrected chi connectivity index (χ1v) is 4.64. The van der Waals surface area contributed by atoms with Gasteiger partial charge in [0.2, 0.25) is 0 Å². The molecule has 1 aromatic carbocycles. The molecule has 15 heavy (non-hydrogen) atoms. The summed E-state index contributed by atoms with van der Waals surface area (Å²) in [6, 6.07) is 6.29. The first-order valence-electron chi connectivity index (χ1n) is 4.64. The summed E-state index contributed by atoms with van der Waals surface area (Å²) in [5.41, 5.74) is 1.16. The number of hydrogen-bond acceptors (Lipinski definition) is 1. The van der Waals surface area contributed by atoms with Crippen molar-refractivity contribution in [2.45, 2.75) is 18.5 Å². The molecule has 0 N–H and O–H groups in total. The molecule has 0 bridgehead atoms. The van der Waals surface area contributed by atoms with Crippen molar-refractivity contribution >= 4 is 6.29 Å². The van der Waals surface area contributed by atoms with Gasteiger partial charge < -0.3 is 0 Å². The van der Waals surface area contributed by atoms with E-state index in [-0.39, 0.29) is 6.42 Å². The monoisotopic (exact) mass is 214 g/mol. The predicted molar refractivity (Wildman–Crippen MR) is 48.7 cm³/mol. The molecule has 0 aliphatic heterocycles. The molecule has 2 atom stereocenters. The third-order valence-corrected chi connectivity index (χ3v) is 2.71. The Labute approximate surface area is 84.9 Å². The summed E-state index contributed by atoms with van der Waals surface area (Å²) in [6.07, 6.45) is -3.24. The summed E-state index contributed by atoms with van der Waals surface area (Å²) in [5, 5.41) is 0. The van der Waals surface area contributed by atoms with Gasteiger partial charge >= 0.3 is 6.18 Å². The maximum atomic E-state index is 12.3. The first-order chi connectivity index (χ1) is 7.02. The molecule has 0 spiro atoms. The maximum Gasteiger partial charge on any atom is 0.392 e. The van der Waals surface area contributed by atoms with E-state index in [2.05, 4.69) is 0 Å². The van der Waals surface area contributed by atoms with Crippen LogP contribution in [-0.2, 0) is 0 Å². The van der Waals surface area contributed by atoms with Crippen LogP contribution in [-0.4, -0.2) is 12.5 Å². The Kier molecular flexibility index (Phi) is 2.29. The van der Waals surface area contributed by atoms with E-state index in [1.54, 1.807) is 24.3 Å². The number of rotatable bonds is 2. The zero-order chi connectivity index (χ0) is 11.1. The Balaban J connectivity index is 2.10. The van der Waals surface area contributed by atoms with Crippen molar-refractivity contribution in [3.05, 3.63) is 35.4 Å². The number of alkyl halides is 3. The Morgan fingerprint density at radius 2 is 1.80 bits per heavy atom. The van der Waals surface area contributed by atoms with Crippen molar-refractivity contribution in [2.24, 2.45) is 5.92 Å². The number of hydrogen-bond donors (Lipinski definition) is 0. The van der Waals surface area contributed by atoms with Gasteiger partial charge in [0.25, 0.3) is 0 Å². The highest BCUT2D eigenvalue weighted by Crippen LogP contribution is 2.55. The van der Waals surface area contributed by atoms with Crippen LogP contribution in [0.4, 0.5) is 13.2 Å². The van der Waals surface area contributed by atoms with Gasteiger partial charge in [-0.1, -0.05) is 24.3 Å². The molecule has 1 aliphatic carbocycles. The highest BCUT2D eigenvalue weighted by atomic mass is 19.4. The Hall–Kier alpha value is -1.32. The molecule has 1 saturated carbocycles. The van der Waals surface area contributed by atoms with Gasteiger partial charge in [0.1, 0.15) is 6.29 Å². The minimum Gasteiger partial charge on any atom is -0.298 e. The van der Waals surface area contributed by atoms with Crippen LogP contribution in [0.3, 0.4) is 0 Å². The van der Waals surface area contributed by atoms with Crippen molar-refractivity contribution in [2.75, 3.05) is 0 Å². The second kappa shape index (κ2) is 3.36. The Morgan fingerprint density at radius 3 is 2.20 bits per heavy atom. The molecule has 1 nitrogen and oxygen atoms in total. The molecule has 0 aromatic heterocycles. The van der Waals surface area contributed by atoms with Crippen LogP contribution in [0.1, 0.15) is 28.3 Å². The molecule has 0 saturated heterocycles. The number of aldehydes is 1. The number of carbonyl (C=O) groups is 1. The summed E-state index contributed by atoms with van der Waals surface area (Å²) in [7, 11) is 0. The highest BCUT2D eigenvalue weighted by Gasteiger charge is 2.55. The zero-order valence-corrected chi connectivity index (χ0v) is 7.79. The van der Waals surface area contributed by atoms with Crippen molar-refractivity contribution in [1.82, 2.24) is 0 Å². The average Bonchev–Trinajstić information content (AvgIpc) is 2.97. The topological polar surface area (TPSA) is 17.1 Å². The van der Waals surface area contributed by atoms with E-state index in [0.29, 0.717) is 17.4 Å². The van der Waals surface area contributed by atoms with Crippen molar-refractivity contribution in [3.8, 4) is 0 Å².